The second-order valence-electron chi connectivity index (χ2n) is 1.93. The van der Waals surface area contributed by atoms with Crippen molar-refractivity contribution in [3.05, 3.63) is 33.8 Å². The lowest BCUT2D eigenvalue weighted by atomic mass is 10.2. The standard InChI is InChI=1S/C7H4Cl2OS/c8-4-1-2-6(9)5(3-4)7(10)11/h1-3H,(H,10,11). The first-order valence-corrected chi connectivity index (χ1v) is 4.00. The van der Waals surface area contributed by atoms with Crippen molar-refractivity contribution in [2.75, 3.05) is 0 Å². The molecule has 0 saturated heterocycles. The summed E-state index contributed by atoms with van der Waals surface area (Å²) < 4.78 is 0. The molecule has 0 heterocycles. The summed E-state index contributed by atoms with van der Waals surface area (Å²) in [7, 11) is 0. The first-order valence-electron chi connectivity index (χ1n) is 2.79. The molecule has 0 aliphatic heterocycles. The molecule has 0 saturated carbocycles. The van der Waals surface area contributed by atoms with Gasteiger partial charge in [-0.2, -0.15) is 0 Å². The molecule has 0 radical (unpaired) electrons. The molecule has 0 aliphatic carbocycles. The maximum Gasteiger partial charge on any atom is 0.217 e. The predicted octanol–water partition coefficient (Wildman–Crippen LogP) is 3.06. The second-order valence-corrected chi connectivity index (χ2v) is 3.18. The Morgan fingerprint density at radius 2 is 2.00 bits per heavy atom. The highest BCUT2D eigenvalue weighted by Gasteiger charge is 2.05. The molecule has 0 aliphatic rings. The van der Waals surface area contributed by atoms with E-state index in [1.54, 1.807) is 12.1 Å². The minimum atomic E-state index is -0.377. The average Bonchev–Trinajstić information content (AvgIpc) is 1.94. The molecular formula is C7H4Cl2OS. The maximum atomic E-state index is 10.7. The topological polar surface area (TPSA) is 17.1 Å². The Hall–Kier alpha value is -0.180. The van der Waals surface area contributed by atoms with Crippen LogP contribution in [0.5, 0.6) is 0 Å². The zero-order valence-electron chi connectivity index (χ0n) is 5.34. The monoisotopic (exact) mass is 206 g/mol. The van der Waals surface area contributed by atoms with Gasteiger partial charge in [-0.3, -0.25) is 4.79 Å². The smallest absolute Gasteiger partial charge is 0.217 e. The Kier molecular flexibility index (Phi) is 2.82. The third kappa shape index (κ3) is 2.12. The van der Waals surface area contributed by atoms with Crippen LogP contribution in [-0.2, 0) is 0 Å². The van der Waals surface area contributed by atoms with Gasteiger partial charge < -0.3 is 0 Å². The molecule has 4 heteroatoms. The third-order valence-corrected chi connectivity index (χ3v) is 1.96. The van der Waals surface area contributed by atoms with Crippen molar-refractivity contribution in [2.45, 2.75) is 0 Å². The van der Waals surface area contributed by atoms with Gasteiger partial charge in [-0.1, -0.05) is 23.2 Å². The number of thiol groups is 1. The molecule has 11 heavy (non-hydrogen) atoms. The van der Waals surface area contributed by atoms with E-state index in [0.29, 0.717) is 15.6 Å². The largest absolute Gasteiger partial charge is 0.282 e. The third-order valence-electron chi connectivity index (χ3n) is 1.16. The fourth-order valence-corrected chi connectivity index (χ4v) is 1.29. The zero-order valence-corrected chi connectivity index (χ0v) is 7.75. The number of benzene rings is 1. The van der Waals surface area contributed by atoms with E-state index >= 15 is 0 Å². The fourth-order valence-electron chi connectivity index (χ4n) is 0.661. The van der Waals surface area contributed by atoms with Crippen LogP contribution in [0.15, 0.2) is 18.2 Å². The summed E-state index contributed by atoms with van der Waals surface area (Å²) in [5, 5.41) is 0.471. The molecule has 1 aromatic carbocycles. The molecule has 0 N–H and O–H groups in total. The molecule has 1 nitrogen and oxygen atoms in total. The van der Waals surface area contributed by atoms with Crippen molar-refractivity contribution in [2.24, 2.45) is 0 Å². The summed E-state index contributed by atoms with van der Waals surface area (Å²) in [6.07, 6.45) is 0. The van der Waals surface area contributed by atoms with Crippen molar-refractivity contribution >= 4 is 40.9 Å². The van der Waals surface area contributed by atoms with Gasteiger partial charge in [0.05, 0.1) is 5.02 Å². The molecule has 0 amide bonds. The molecule has 0 spiro atoms. The highest BCUT2D eigenvalue weighted by molar-refractivity contribution is 7.97. The number of carbonyl (C=O) groups excluding carboxylic acids is 1. The minimum Gasteiger partial charge on any atom is -0.282 e. The highest BCUT2D eigenvalue weighted by Crippen LogP contribution is 2.21. The molecule has 1 aromatic rings. The lowest BCUT2D eigenvalue weighted by Crippen LogP contribution is -1.89. The molecule has 58 valence electrons. The summed E-state index contributed by atoms with van der Waals surface area (Å²) in [6.45, 7) is 0. The van der Waals surface area contributed by atoms with Crippen LogP contribution < -0.4 is 0 Å². The van der Waals surface area contributed by atoms with Crippen LogP contribution in [0.4, 0.5) is 0 Å². The van der Waals surface area contributed by atoms with E-state index in [1.807, 2.05) is 0 Å². The molecule has 1 rings (SSSR count). The summed E-state index contributed by atoms with van der Waals surface area (Å²) in [5.74, 6) is 0. The van der Waals surface area contributed by atoms with Gasteiger partial charge in [0, 0.05) is 10.6 Å². The van der Waals surface area contributed by atoms with Gasteiger partial charge in [-0.15, -0.1) is 12.6 Å². The summed E-state index contributed by atoms with van der Waals surface area (Å²) in [6, 6.07) is 4.66. The van der Waals surface area contributed by atoms with Crippen LogP contribution in [0.25, 0.3) is 0 Å². The number of halogens is 2. The van der Waals surface area contributed by atoms with Crippen molar-refractivity contribution in [1.82, 2.24) is 0 Å². The van der Waals surface area contributed by atoms with Crippen molar-refractivity contribution in [3.63, 3.8) is 0 Å². The fraction of sp³-hybridized carbons (Fsp3) is 0. The van der Waals surface area contributed by atoms with E-state index < -0.39 is 0 Å². The van der Waals surface area contributed by atoms with Gasteiger partial charge in [0.15, 0.2) is 0 Å². The van der Waals surface area contributed by atoms with E-state index in [4.69, 9.17) is 23.2 Å². The van der Waals surface area contributed by atoms with E-state index in [1.165, 1.54) is 6.07 Å². The highest BCUT2D eigenvalue weighted by atomic mass is 35.5. The molecule has 0 aromatic heterocycles. The molecule has 0 unspecified atom stereocenters. The number of hydrogen-bond acceptors (Lipinski definition) is 1. The van der Waals surface area contributed by atoms with E-state index in [-0.39, 0.29) is 5.12 Å². The minimum absolute atomic E-state index is 0.336. The van der Waals surface area contributed by atoms with Crippen LogP contribution in [0.3, 0.4) is 0 Å². The van der Waals surface area contributed by atoms with Gasteiger partial charge in [0.25, 0.3) is 0 Å². The van der Waals surface area contributed by atoms with Crippen LogP contribution in [0, 0.1) is 0 Å². The summed E-state index contributed by atoms with van der Waals surface area (Å²) in [5.41, 5.74) is 0.336. The second kappa shape index (κ2) is 3.48. The molecule has 0 bridgehead atoms. The summed E-state index contributed by atoms with van der Waals surface area (Å²) in [4.78, 5) is 10.7. The quantitative estimate of drug-likeness (QED) is 0.700. The molecule has 0 atom stereocenters. The van der Waals surface area contributed by atoms with Crippen LogP contribution in [-0.4, -0.2) is 5.12 Å². The van der Waals surface area contributed by atoms with Gasteiger partial charge in [0.1, 0.15) is 0 Å². The zero-order chi connectivity index (χ0) is 8.43. The number of carbonyl (C=O) groups is 1. The first-order chi connectivity index (χ1) is 5.11. The molecular weight excluding hydrogens is 203 g/mol. The maximum absolute atomic E-state index is 10.7. The summed E-state index contributed by atoms with van der Waals surface area (Å²) >= 11 is 14.9. The average molecular weight is 207 g/mol. The lowest BCUT2D eigenvalue weighted by molar-refractivity contribution is 0.109. The van der Waals surface area contributed by atoms with Gasteiger partial charge >= 0.3 is 0 Å². The van der Waals surface area contributed by atoms with Gasteiger partial charge in [0.2, 0.25) is 5.12 Å². The Balaban J connectivity index is 3.23. The van der Waals surface area contributed by atoms with Crippen molar-refractivity contribution in [1.29, 1.82) is 0 Å². The Morgan fingerprint density at radius 1 is 1.36 bits per heavy atom. The van der Waals surface area contributed by atoms with Gasteiger partial charge in [-0.05, 0) is 18.2 Å². The van der Waals surface area contributed by atoms with E-state index in [9.17, 15) is 4.79 Å². The Morgan fingerprint density at radius 3 is 2.45 bits per heavy atom. The lowest BCUT2D eigenvalue weighted by Gasteiger charge is -1.97. The van der Waals surface area contributed by atoms with Crippen LogP contribution in [0.2, 0.25) is 10.0 Å². The number of hydrogen-bond donors (Lipinski definition) is 1. The predicted molar refractivity (Wildman–Crippen MR) is 49.8 cm³/mol. The number of rotatable bonds is 1. The van der Waals surface area contributed by atoms with Crippen LogP contribution >= 0.6 is 35.8 Å². The van der Waals surface area contributed by atoms with Gasteiger partial charge in [-0.25, -0.2) is 0 Å². The normalized spacial score (nSPS) is 9.73. The Labute approximate surface area is 79.7 Å². The SMILES string of the molecule is O=C(S)c1cc(Cl)ccc1Cl. The Bertz CT molecular complexity index is 298. The van der Waals surface area contributed by atoms with E-state index in [2.05, 4.69) is 12.6 Å². The van der Waals surface area contributed by atoms with Crippen LogP contribution in [0.1, 0.15) is 10.4 Å². The first kappa shape index (κ1) is 8.91. The molecule has 0 fully saturated rings. The van der Waals surface area contributed by atoms with E-state index in [0.717, 1.165) is 0 Å². The van der Waals surface area contributed by atoms with Crippen molar-refractivity contribution in [3.8, 4) is 0 Å². The van der Waals surface area contributed by atoms with Crippen molar-refractivity contribution < 1.29 is 4.79 Å².